The minimum Gasteiger partial charge on any atom is -0.465 e. The molecule has 1 fully saturated rings. The third kappa shape index (κ3) is 5.26. The zero-order valence-corrected chi connectivity index (χ0v) is 19.5. The van der Waals surface area contributed by atoms with Crippen LogP contribution in [0.5, 0.6) is 0 Å². The first-order valence-corrected chi connectivity index (χ1v) is 11.3. The number of aromatic nitrogens is 2. The first-order chi connectivity index (χ1) is 16.0. The molecule has 3 aromatic rings. The van der Waals surface area contributed by atoms with Crippen LogP contribution in [0.4, 0.5) is 5.69 Å². The van der Waals surface area contributed by atoms with Crippen LogP contribution < -0.4 is 10.9 Å². The highest BCUT2D eigenvalue weighted by Crippen LogP contribution is 2.23. The monoisotopic (exact) mass is 466 g/mol. The van der Waals surface area contributed by atoms with E-state index in [0.29, 0.717) is 11.4 Å². The minimum absolute atomic E-state index is 0.0480. The standard InChI is InChI=1S/C25H27ClN4O3/c1-17-6-5-7-18(14-17)16-29-12-10-19(11-13-29)28-21-15-27-30(24(31)23(21)26)22-9-4-3-8-20(22)25(32)33-2/h3-9,14-15,19,28H,10-13,16H2,1-2H3. The second-order valence-electron chi connectivity index (χ2n) is 8.28. The number of para-hydroxylation sites is 1. The normalized spacial score (nSPS) is 14.8. The number of piperidine rings is 1. The van der Waals surface area contributed by atoms with Crippen molar-refractivity contribution in [1.29, 1.82) is 0 Å². The van der Waals surface area contributed by atoms with E-state index < -0.39 is 11.5 Å². The maximum Gasteiger partial charge on any atom is 0.340 e. The molecule has 1 saturated heterocycles. The van der Waals surface area contributed by atoms with Crippen LogP contribution in [0.15, 0.2) is 59.5 Å². The lowest BCUT2D eigenvalue weighted by Gasteiger charge is -2.33. The summed E-state index contributed by atoms with van der Waals surface area (Å²) in [6, 6.07) is 15.4. The Morgan fingerprint density at radius 3 is 2.67 bits per heavy atom. The number of benzene rings is 2. The third-order valence-corrected chi connectivity index (χ3v) is 6.26. The van der Waals surface area contributed by atoms with Gasteiger partial charge in [-0.05, 0) is 37.5 Å². The molecule has 2 aromatic carbocycles. The van der Waals surface area contributed by atoms with E-state index in [0.717, 1.165) is 37.2 Å². The molecule has 1 N–H and O–H groups in total. The summed E-state index contributed by atoms with van der Waals surface area (Å²) < 4.78 is 5.94. The van der Waals surface area contributed by atoms with Crippen molar-refractivity contribution in [3.63, 3.8) is 0 Å². The highest BCUT2D eigenvalue weighted by Gasteiger charge is 2.22. The zero-order valence-electron chi connectivity index (χ0n) is 18.8. The highest BCUT2D eigenvalue weighted by atomic mass is 35.5. The largest absolute Gasteiger partial charge is 0.465 e. The number of hydrogen-bond donors (Lipinski definition) is 1. The number of nitrogens with one attached hydrogen (secondary N) is 1. The Balaban J connectivity index is 1.44. The number of anilines is 1. The number of halogens is 1. The van der Waals surface area contributed by atoms with Crippen LogP contribution in [0.25, 0.3) is 5.69 Å². The summed E-state index contributed by atoms with van der Waals surface area (Å²) in [6.07, 6.45) is 3.42. The molecule has 0 aliphatic carbocycles. The number of esters is 1. The first kappa shape index (κ1) is 23.0. The summed E-state index contributed by atoms with van der Waals surface area (Å²) in [5, 5.41) is 7.70. The van der Waals surface area contributed by atoms with Crippen LogP contribution in [0.3, 0.4) is 0 Å². The summed E-state index contributed by atoms with van der Waals surface area (Å²) in [5.74, 6) is -0.546. The van der Waals surface area contributed by atoms with E-state index in [1.807, 2.05) is 0 Å². The average molecular weight is 467 g/mol. The lowest BCUT2D eigenvalue weighted by Crippen LogP contribution is -2.39. The molecule has 0 bridgehead atoms. The topological polar surface area (TPSA) is 76.5 Å². The van der Waals surface area contributed by atoms with Crippen LogP contribution in [-0.2, 0) is 11.3 Å². The molecule has 7 nitrogen and oxygen atoms in total. The van der Waals surface area contributed by atoms with Gasteiger partial charge in [0.05, 0.1) is 30.2 Å². The molecule has 33 heavy (non-hydrogen) atoms. The van der Waals surface area contributed by atoms with Crippen LogP contribution >= 0.6 is 11.6 Å². The summed E-state index contributed by atoms with van der Waals surface area (Å²) in [6.45, 7) is 4.96. The van der Waals surface area contributed by atoms with Gasteiger partial charge in [-0.25, -0.2) is 4.79 Å². The maximum absolute atomic E-state index is 12.9. The number of rotatable bonds is 6. The number of carbonyl (C=O) groups is 1. The van der Waals surface area contributed by atoms with Crippen molar-refractivity contribution < 1.29 is 9.53 Å². The summed E-state index contributed by atoms with van der Waals surface area (Å²) in [4.78, 5) is 27.5. The summed E-state index contributed by atoms with van der Waals surface area (Å²) in [5.41, 5.74) is 3.18. The predicted octanol–water partition coefficient (Wildman–Crippen LogP) is 4.06. The van der Waals surface area contributed by atoms with E-state index in [-0.39, 0.29) is 16.6 Å². The van der Waals surface area contributed by atoms with Gasteiger partial charge in [-0.15, -0.1) is 0 Å². The van der Waals surface area contributed by atoms with Crippen LogP contribution in [0.1, 0.15) is 34.3 Å². The van der Waals surface area contributed by atoms with Gasteiger partial charge in [0, 0.05) is 25.7 Å². The number of hydrogen-bond acceptors (Lipinski definition) is 6. The molecular weight excluding hydrogens is 440 g/mol. The number of ether oxygens (including phenoxy) is 1. The Hall–Kier alpha value is -3.16. The van der Waals surface area contributed by atoms with Gasteiger partial charge in [-0.1, -0.05) is 53.6 Å². The fourth-order valence-corrected chi connectivity index (χ4v) is 4.35. The molecule has 1 aliphatic rings. The highest BCUT2D eigenvalue weighted by molar-refractivity contribution is 6.33. The molecule has 4 rings (SSSR count). The molecule has 0 atom stereocenters. The van der Waals surface area contributed by atoms with E-state index in [4.69, 9.17) is 16.3 Å². The molecule has 8 heteroatoms. The van der Waals surface area contributed by atoms with Gasteiger partial charge in [0.25, 0.3) is 5.56 Å². The molecule has 0 unspecified atom stereocenters. The smallest absolute Gasteiger partial charge is 0.340 e. The van der Waals surface area contributed by atoms with Gasteiger partial charge in [0.2, 0.25) is 0 Å². The van der Waals surface area contributed by atoms with E-state index in [1.165, 1.54) is 24.4 Å². The van der Waals surface area contributed by atoms with Crippen molar-refractivity contribution in [3.8, 4) is 5.69 Å². The average Bonchev–Trinajstić information content (AvgIpc) is 2.83. The first-order valence-electron chi connectivity index (χ1n) is 11.0. The molecule has 0 saturated carbocycles. The van der Waals surface area contributed by atoms with Gasteiger partial charge in [-0.2, -0.15) is 9.78 Å². The van der Waals surface area contributed by atoms with Gasteiger partial charge in [-0.3, -0.25) is 9.69 Å². The van der Waals surface area contributed by atoms with Crippen LogP contribution in [-0.4, -0.2) is 46.9 Å². The van der Waals surface area contributed by atoms with Crippen molar-refractivity contribution in [2.45, 2.75) is 32.4 Å². The number of carbonyl (C=O) groups excluding carboxylic acids is 1. The van der Waals surface area contributed by atoms with Crippen molar-refractivity contribution in [2.24, 2.45) is 0 Å². The fourth-order valence-electron chi connectivity index (χ4n) is 4.17. The number of likely N-dealkylation sites (tertiary alicyclic amines) is 1. The number of aryl methyl sites for hydroxylation is 1. The van der Waals surface area contributed by atoms with Crippen molar-refractivity contribution >= 4 is 23.3 Å². The summed E-state index contributed by atoms with van der Waals surface area (Å²) in [7, 11) is 1.29. The van der Waals surface area contributed by atoms with Crippen molar-refractivity contribution in [2.75, 3.05) is 25.5 Å². The second-order valence-corrected chi connectivity index (χ2v) is 8.66. The number of nitrogens with zero attached hydrogens (tertiary/aromatic N) is 3. The van der Waals surface area contributed by atoms with E-state index >= 15 is 0 Å². The number of methoxy groups -OCH3 is 1. The van der Waals surface area contributed by atoms with Gasteiger partial charge in [0.15, 0.2) is 0 Å². The molecule has 172 valence electrons. The molecule has 1 aromatic heterocycles. The maximum atomic E-state index is 12.9. The Morgan fingerprint density at radius 2 is 1.94 bits per heavy atom. The van der Waals surface area contributed by atoms with Crippen molar-refractivity contribution in [3.05, 3.63) is 86.8 Å². The van der Waals surface area contributed by atoms with Gasteiger partial charge < -0.3 is 10.1 Å². The predicted molar refractivity (Wildman–Crippen MR) is 129 cm³/mol. The molecule has 0 amide bonds. The molecule has 1 aliphatic heterocycles. The minimum atomic E-state index is -0.546. The molecular formula is C25H27ClN4O3. The summed E-state index contributed by atoms with van der Waals surface area (Å²) >= 11 is 6.42. The van der Waals surface area contributed by atoms with Gasteiger partial charge >= 0.3 is 5.97 Å². The Bertz CT molecular complexity index is 1200. The van der Waals surface area contributed by atoms with Crippen molar-refractivity contribution in [1.82, 2.24) is 14.7 Å². The zero-order chi connectivity index (χ0) is 23.4. The lowest BCUT2D eigenvalue weighted by atomic mass is 10.0. The SMILES string of the molecule is COC(=O)c1ccccc1-n1ncc(NC2CCN(Cc3cccc(C)c3)CC2)c(Cl)c1=O. The van der Waals surface area contributed by atoms with E-state index in [2.05, 4.69) is 46.5 Å². The third-order valence-electron chi connectivity index (χ3n) is 5.89. The van der Waals surface area contributed by atoms with E-state index in [1.54, 1.807) is 24.3 Å². The molecule has 0 radical (unpaired) electrons. The van der Waals surface area contributed by atoms with Crippen LogP contribution in [0.2, 0.25) is 5.02 Å². The molecule has 0 spiro atoms. The molecule has 2 heterocycles. The fraction of sp³-hybridized carbons (Fsp3) is 0.320. The Morgan fingerprint density at radius 1 is 1.18 bits per heavy atom. The van der Waals surface area contributed by atoms with Crippen LogP contribution in [0, 0.1) is 6.92 Å². The van der Waals surface area contributed by atoms with Gasteiger partial charge in [0.1, 0.15) is 5.02 Å². The van der Waals surface area contributed by atoms with E-state index in [9.17, 15) is 9.59 Å². The Labute approximate surface area is 197 Å². The quantitative estimate of drug-likeness (QED) is 0.552. The Kier molecular flexibility index (Phi) is 7.11. The lowest BCUT2D eigenvalue weighted by molar-refractivity contribution is 0.0600. The second kappa shape index (κ2) is 10.2.